The number of hydrogen-bond acceptors (Lipinski definition) is 5. The van der Waals surface area contributed by atoms with E-state index in [1.807, 2.05) is 6.07 Å². The highest BCUT2D eigenvalue weighted by molar-refractivity contribution is 6.30. The summed E-state index contributed by atoms with van der Waals surface area (Å²) >= 11 is 6.12. The lowest BCUT2D eigenvalue weighted by molar-refractivity contribution is -0.0153. The fraction of sp³-hybridized carbons (Fsp3) is 0.524. The number of halogens is 1. The van der Waals surface area contributed by atoms with Crippen molar-refractivity contribution < 1.29 is 19.7 Å². The predicted molar refractivity (Wildman–Crippen MR) is 110 cm³/mol. The van der Waals surface area contributed by atoms with Crippen molar-refractivity contribution in [3.63, 3.8) is 0 Å². The summed E-state index contributed by atoms with van der Waals surface area (Å²) in [7, 11) is 1.77. The smallest absolute Gasteiger partial charge is 0.257 e. The Balaban J connectivity index is 1.71. The molecule has 7 nitrogen and oxygen atoms in total. The van der Waals surface area contributed by atoms with Gasteiger partial charge in [0.2, 0.25) is 0 Å². The minimum atomic E-state index is -1.04. The molecule has 2 heterocycles. The molecule has 0 aliphatic carbocycles. The second-order valence-corrected chi connectivity index (χ2v) is 7.93. The van der Waals surface area contributed by atoms with Crippen LogP contribution in [-0.4, -0.2) is 62.7 Å². The number of aliphatic hydroxyl groups is 2. The molecule has 0 spiro atoms. The zero-order valence-corrected chi connectivity index (χ0v) is 17.4. The van der Waals surface area contributed by atoms with E-state index in [4.69, 9.17) is 16.3 Å². The maximum Gasteiger partial charge on any atom is 0.257 e. The maximum atomic E-state index is 12.8. The van der Waals surface area contributed by atoms with Crippen LogP contribution in [0.15, 0.2) is 30.6 Å². The lowest BCUT2D eigenvalue weighted by Gasteiger charge is -2.26. The van der Waals surface area contributed by atoms with Gasteiger partial charge in [0.1, 0.15) is 18.5 Å². The Morgan fingerprint density at radius 2 is 2.03 bits per heavy atom. The first kappa shape index (κ1) is 21.6. The van der Waals surface area contributed by atoms with Crippen LogP contribution in [0.1, 0.15) is 41.6 Å². The molecular weight excluding hydrogens is 394 g/mol. The average molecular weight is 422 g/mol. The molecule has 0 saturated carbocycles. The van der Waals surface area contributed by atoms with Gasteiger partial charge in [0.05, 0.1) is 17.9 Å². The first-order chi connectivity index (χ1) is 13.9. The first-order valence-corrected chi connectivity index (χ1v) is 10.4. The van der Waals surface area contributed by atoms with Gasteiger partial charge in [0.15, 0.2) is 0 Å². The largest absolute Gasteiger partial charge is 0.491 e. The number of benzene rings is 1. The van der Waals surface area contributed by atoms with Crippen molar-refractivity contribution in [1.29, 1.82) is 0 Å². The Labute approximate surface area is 175 Å². The van der Waals surface area contributed by atoms with Crippen LogP contribution in [0.3, 0.4) is 0 Å². The van der Waals surface area contributed by atoms with Gasteiger partial charge in [0, 0.05) is 31.4 Å². The van der Waals surface area contributed by atoms with Crippen LogP contribution in [0.2, 0.25) is 5.02 Å². The number of aryl methyl sites for hydroxylation is 2. The summed E-state index contributed by atoms with van der Waals surface area (Å²) in [4.78, 5) is 14.6. The summed E-state index contributed by atoms with van der Waals surface area (Å²) in [6.45, 7) is 0.931. The van der Waals surface area contributed by atoms with Crippen molar-refractivity contribution in [2.75, 3.05) is 19.7 Å². The van der Waals surface area contributed by atoms with E-state index in [2.05, 4.69) is 5.10 Å². The standard InChI is InChI=1S/C21H28ClN3O4/c1-24-13-16(12-23-24)21(28)25-9-4-2-3-5-15-11-17(22)6-7-20(15)29-14-19(27)18(26)8-10-25/h6-7,11-13,18-19,26-27H,2-5,8-10,14H2,1H3/t18-,19+/m0/s1. The number of aromatic nitrogens is 2. The predicted octanol–water partition coefficient (Wildman–Crippen LogP) is 2.43. The van der Waals surface area contributed by atoms with E-state index in [0.717, 1.165) is 31.2 Å². The summed E-state index contributed by atoms with van der Waals surface area (Å²) in [6, 6.07) is 5.44. The molecule has 158 valence electrons. The maximum absolute atomic E-state index is 12.8. The molecule has 2 N–H and O–H groups in total. The van der Waals surface area contributed by atoms with Crippen LogP contribution in [0, 0.1) is 0 Å². The van der Waals surface area contributed by atoms with E-state index >= 15 is 0 Å². The molecular formula is C21H28ClN3O4. The summed E-state index contributed by atoms with van der Waals surface area (Å²) in [6.07, 6.45) is 5.01. The third-order valence-electron chi connectivity index (χ3n) is 5.18. The third-order valence-corrected chi connectivity index (χ3v) is 5.42. The van der Waals surface area contributed by atoms with Gasteiger partial charge in [-0.2, -0.15) is 5.10 Å². The summed E-state index contributed by atoms with van der Waals surface area (Å²) < 4.78 is 7.35. The molecule has 3 rings (SSSR count). The van der Waals surface area contributed by atoms with Crippen LogP contribution >= 0.6 is 11.6 Å². The SMILES string of the molecule is Cn1cc(C(=O)N2CCCCCc3cc(Cl)ccc3OC[C@@H](O)[C@@H](O)CC2)cn1. The lowest BCUT2D eigenvalue weighted by atomic mass is 10.0. The number of nitrogens with zero attached hydrogens (tertiary/aromatic N) is 3. The van der Waals surface area contributed by atoms with Crippen molar-refractivity contribution in [2.24, 2.45) is 7.05 Å². The molecule has 0 radical (unpaired) electrons. The molecule has 1 aromatic carbocycles. The molecule has 0 unspecified atom stereocenters. The Morgan fingerprint density at radius 3 is 2.79 bits per heavy atom. The Bertz CT molecular complexity index is 826. The zero-order chi connectivity index (χ0) is 20.8. The van der Waals surface area contributed by atoms with E-state index < -0.39 is 12.2 Å². The van der Waals surface area contributed by atoms with Crippen molar-refractivity contribution in [2.45, 2.75) is 44.3 Å². The van der Waals surface area contributed by atoms with Crippen LogP contribution in [0.25, 0.3) is 0 Å². The Hall–Kier alpha value is -2.09. The van der Waals surface area contributed by atoms with Crippen molar-refractivity contribution in [1.82, 2.24) is 14.7 Å². The minimum Gasteiger partial charge on any atom is -0.491 e. The van der Waals surface area contributed by atoms with Crippen molar-refractivity contribution >= 4 is 17.5 Å². The second kappa shape index (κ2) is 10.1. The number of hydrogen-bond donors (Lipinski definition) is 2. The molecule has 1 aliphatic rings. The van der Waals surface area contributed by atoms with Gasteiger partial charge in [-0.25, -0.2) is 0 Å². The quantitative estimate of drug-likeness (QED) is 0.738. The molecule has 8 heteroatoms. The molecule has 1 amide bonds. The van der Waals surface area contributed by atoms with Gasteiger partial charge in [-0.1, -0.05) is 18.0 Å². The molecule has 0 saturated heterocycles. The monoisotopic (exact) mass is 421 g/mol. The number of carbonyl (C=O) groups is 1. The Kier molecular flexibility index (Phi) is 7.52. The molecule has 0 bridgehead atoms. The van der Waals surface area contributed by atoms with E-state index in [1.165, 1.54) is 0 Å². The Morgan fingerprint density at radius 1 is 1.21 bits per heavy atom. The fourth-order valence-electron chi connectivity index (χ4n) is 3.47. The molecule has 2 aromatic rings. The summed E-state index contributed by atoms with van der Waals surface area (Å²) in [5.41, 5.74) is 1.51. The number of rotatable bonds is 1. The minimum absolute atomic E-state index is 0.0215. The normalized spacial score (nSPS) is 21.7. The molecule has 2 atom stereocenters. The molecule has 29 heavy (non-hydrogen) atoms. The summed E-state index contributed by atoms with van der Waals surface area (Å²) in [5, 5.41) is 25.4. The topological polar surface area (TPSA) is 87.8 Å². The highest BCUT2D eigenvalue weighted by Gasteiger charge is 2.22. The molecule has 1 aliphatic heterocycles. The highest BCUT2D eigenvalue weighted by atomic mass is 35.5. The van der Waals surface area contributed by atoms with Gasteiger partial charge in [-0.3, -0.25) is 9.48 Å². The summed E-state index contributed by atoms with van der Waals surface area (Å²) in [5.74, 6) is 0.575. The fourth-order valence-corrected chi connectivity index (χ4v) is 3.67. The highest BCUT2D eigenvalue weighted by Crippen LogP contribution is 2.25. The van der Waals surface area contributed by atoms with Crippen LogP contribution in [-0.2, 0) is 13.5 Å². The first-order valence-electron chi connectivity index (χ1n) is 9.99. The van der Waals surface area contributed by atoms with E-state index in [9.17, 15) is 15.0 Å². The van der Waals surface area contributed by atoms with E-state index in [-0.39, 0.29) is 18.9 Å². The van der Waals surface area contributed by atoms with Crippen LogP contribution in [0.5, 0.6) is 5.75 Å². The second-order valence-electron chi connectivity index (χ2n) is 7.49. The van der Waals surface area contributed by atoms with Crippen LogP contribution in [0.4, 0.5) is 0 Å². The van der Waals surface area contributed by atoms with Gasteiger partial charge < -0.3 is 19.8 Å². The number of carbonyl (C=O) groups excluding carboxylic acids is 1. The third kappa shape index (κ3) is 5.95. The van der Waals surface area contributed by atoms with Gasteiger partial charge >= 0.3 is 0 Å². The van der Waals surface area contributed by atoms with Crippen molar-refractivity contribution in [3.05, 3.63) is 46.7 Å². The van der Waals surface area contributed by atoms with Gasteiger partial charge in [-0.15, -0.1) is 0 Å². The van der Waals surface area contributed by atoms with Gasteiger partial charge in [-0.05, 0) is 49.4 Å². The number of aliphatic hydroxyl groups excluding tert-OH is 2. The van der Waals surface area contributed by atoms with Crippen molar-refractivity contribution in [3.8, 4) is 5.75 Å². The molecule has 1 aromatic heterocycles. The molecule has 0 fully saturated rings. The van der Waals surface area contributed by atoms with Crippen LogP contribution < -0.4 is 4.74 Å². The van der Waals surface area contributed by atoms with Gasteiger partial charge in [0.25, 0.3) is 5.91 Å². The number of fused-ring (bicyclic) bond motifs is 1. The number of ether oxygens (including phenoxy) is 1. The van der Waals surface area contributed by atoms with E-state index in [1.54, 1.807) is 41.2 Å². The lowest BCUT2D eigenvalue weighted by Crippen LogP contribution is -2.38. The number of amides is 1. The van der Waals surface area contributed by atoms with E-state index in [0.29, 0.717) is 29.4 Å². The average Bonchev–Trinajstić information content (AvgIpc) is 3.14. The zero-order valence-electron chi connectivity index (χ0n) is 16.6.